The zero-order valence-electron chi connectivity index (χ0n) is 11.5. The number of thioether (sulfide) groups is 1. The second kappa shape index (κ2) is 6.02. The highest BCUT2D eigenvalue weighted by atomic mass is 32.2. The van der Waals surface area contributed by atoms with Gasteiger partial charge in [0, 0.05) is 4.75 Å². The molecule has 1 aliphatic rings. The van der Waals surface area contributed by atoms with Crippen LogP contribution in [0.1, 0.15) is 51.4 Å². The van der Waals surface area contributed by atoms with Gasteiger partial charge in [0.05, 0.1) is 12.6 Å². The number of aromatic nitrogens is 4. The fraction of sp³-hybridized carbons (Fsp3) is 0.917. The lowest BCUT2D eigenvalue weighted by atomic mass is 10.1. The first-order valence-corrected chi connectivity index (χ1v) is 7.98. The van der Waals surface area contributed by atoms with Gasteiger partial charge in [-0.3, -0.25) is 0 Å². The quantitative estimate of drug-likeness (QED) is 0.856. The second-order valence-electron chi connectivity index (χ2n) is 5.07. The van der Waals surface area contributed by atoms with Crippen molar-refractivity contribution < 1.29 is 0 Å². The van der Waals surface area contributed by atoms with Gasteiger partial charge in [0.1, 0.15) is 0 Å². The van der Waals surface area contributed by atoms with Crippen molar-refractivity contribution in [1.29, 1.82) is 0 Å². The summed E-state index contributed by atoms with van der Waals surface area (Å²) < 4.78 is 2.34. The minimum Gasteiger partial charge on any atom is -0.308 e. The van der Waals surface area contributed by atoms with Gasteiger partial charge >= 0.3 is 0 Å². The molecule has 6 heteroatoms. The molecule has 2 rings (SSSR count). The Morgan fingerprint density at radius 3 is 2.78 bits per heavy atom. The fourth-order valence-electron chi connectivity index (χ4n) is 2.75. The molecule has 1 saturated carbocycles. The molecule has 1 aromatic heterocycles. The Bertz CT molecular complexity index is 372. The van der Waals surface area contributed by atoms with Crippen molar-refractivity contribution in [2.75, 3.05) is 12.8 Å². The van der Waals surface area contributed by atoms with Crippen LogP contribution < -0.4 is 5.32 Å². The Kier molecular flexibility index (Phi) is 4.61. The van der Waals surface area contributed by atoms with Gasteiger partial charge in [0.25, 0.3) is 0 Å². The van der Waals surface area contributed by atoms with Crippen molar-refractivity contribution in [2.45, 2.75) is 56.9 Å². The molecule has 0 aromatic carbocycles. The molecule has 0 amide bonds. The Hall–Kier alpha value is -0.620. The molecule has 102 valence electrons. The maximum atomic E-state index is 4.18. The lowest BCUT2D eigenvalue weighted by molar-refractivity contribution is 0.428. The number of tetrazole rings is 1. The molecule has 0 radical (unpaired) electrons. The Balaban J connectivity index is 2.11. The summed E-state index contributed by atoms with van der Waals surface area (Å²) in [5, 5.41) is 15.6. The van der Waals surface area contributed by atoms with Crippen molar-refractivity contribution >= 4 is 11.8 Å². The molecule has 1 heterocycles. The minimum atomic E-state index is 0.213. The standard InChI is InChI=1S/C12H23N5S/c1-4-13-10(2)11-14-15-16-17(11)9-12(18-3)7-5-6-8-12/h10,13H,4-9H2,1-3H3. The average molecular weight is 269 g/mol. The predicted molar refractivity (Wildman–Crippen MR) is 74.6 cm³/mol. The molecule has 1 aliphatic carbocycles. The van der Waals surface area contributed by atoms with E-state index in [1.807, 2.05) is 16.4 Å². The Morgan fingerprint density at radius 1 is 1.44 bits per heavy atom. The van der Waals surface area contributed by atoms with E-state index in [2.05, 4.69) is 40.9 Å². The van der Waals surface area contributed by atoms with E-state index in [4.69, 9.17) is 0 Å². The highest BCUT2D eigenvalue weighted by Gasteiger charge is 2.34. The van der Waals surface area contributed by atoms with Crippen LogP contribution in [0, 0.1) is 0 Å². The van der Waals surface area contributed by atoms with E-state index in [1.54, 1.807) is 0 Å². The summed E-state index contributed by atoms with van der Waals surface area (Å²) in [5.74, 6) is 0.956. The zero-order chi connectivity index (χ0) is 13.0. The smallest absolute Gasteiger partial charge is 0.167 e. The topological polar surface area (TPSA) is 55.6 Å². The van der Waals surface area contributed by atoms with Gasteiger partial charge in [-0.05, 0) is 43.0 Å². The van der Waals surface area contributed by atoms with Crippen LogP contribution in [0.25, 0.3) is 0 Å². The second-order valence-corrected chi connectivity index (χ2v) is 6.34. The molecule has 0 spiro atoms. The number of nitrogens with one attached hydrogen (secondary N) is 1. The lowest BCUT2D eigenvalue weighted by Gasteiger charge is -2.27. The largest absolute Gasteiger partial charge is 0.308 e. The summed E-state index contributed by atoms with van der Waals surface area (Å²) in [6.07, 6.45) is 7.44. The maximum Gasteiger partial charge on any atom is 0.167 e. The fourth-order valence-corrected chi connectivity index (χ4v) is 3.70. The van der Waals surface area contributed by atoms with Crippen molar-refractivity contribution in [1.82, 2.24) is 25.5 Å². The van der Waals surface area contributed by atoms with Crippen molar-refractivity contribution in [3.8, 4) is 0 Å². The molecule has 0 saturated heterocycles. The first-order chi connectivity index (χ1) is 8.71. The van der Waals surface area contributed by atoms with Crippen LogP contribution in [-0.4, -0.2) is 37.8 Å². The van der Waals surface area contributed by atoms with Gasteiger partial charge in [0.2, 0.25) is 0 Å². The number of nitrogens with zero attached hydrogens (tertiary/aromatic N) is 4. The molecular formula is C12H23N5S. The van der Waals surface area contributed by atoms with E-state index in [1.165, 1.54) is 25.7 Å². The van der Waals surface area contributed by atoms with Gasteiger partial charge in [-0.2, -0.15) is 11.8 Å². The normalized spacial score (nSPS) is 20.2. The van der Waals surface area contributed by atoms with E-state index < -0.39 is 0 Å². The maximum absolute atomic E-state index is 4.18. The third-order valence-corrected chi connectivity index (χ3v) is 5.25. The summed E-state index contributed by atoms with van der Waals surface area (Å²) in [4.78, 5) is 0. The van der Waals surface area contributed by atoms with Crippen LogP contribution in [0.15, 0.2) is 0 Å². The van der Waals surface area contributed by atoms with Crippen LogP contribution in [0.2, 0.25) is 0 Å². The molecule has 1 aromatic rings. The number of hydrogen-bond acceptors (Lipinski definition) is 5. The van der Waals surface area contributed by atoms with E-state index in [0.29, 0.717) is 4.75 Å². The highest BCUT2D eigenvalue weighted by Crippen LogP contribution is 2.41. The summed E-state index contributed by atoms with van der Waals surface area (Å²) in [5.41, 5.74) is 0. The molecule has 5 nitrogen and oxygen atoms in total. The summed E-state index contributed by atoms with van der Waals surface area (Å²) in [7, 11) is 0. The molecule has 1 atom stereocenters. The van der Waals surface area contributed by atoms with Gasteiger partial charge in [-0.1, -0.05) is 19.8 Å². The van der Waals surface area contributed by atoms with Crippen LogP contribution >= 0.6 is 11.8 Å². The Labute approximate surface area is 113 Å². The van der Waals surface area contributed by atoms with Gasteiger partial charge in [-0.25, -0.2) is 4.68 Å². The third kappa shape index (κ3) is 2.85. The third-order valence-electron chi connectivity index (χ3n) is 3.84. The molecular weight excluding hydrogens is 246 g/mol. The van der Waals surface area contributed by atoms with Crippen LogP contribution in [-0.2, 0) is 6.54 Å². The van der Waals surface area contributed by atoms with E-state index in [-0.39, 0.29) is 6.04 Å². The van der Waals surface area contributed by atoms with Crippen molar-refractivity contribution in [2.24, 2.45) is 0 Å². The predicted octanol–water partition coefficient (Wildman–Crippen LogP) is 2.02. The first-order valence-electron chi connectivity index (χ1n) is 6.75. The summed E-state index contributed by atoms with van der Waals surface area (Å²) in [6, 6.07) is 0.213. The molecule has 0 bridgehead atoms. The number of rotatable bonds is 6. The van der Waals surface area contributed by atoms with Crippen LogP contribution in [0.5, 0.6) is 0 Å². The first kappa shape index (κ1) is 13.8. The molecule has 1 fully saturated rings. The highest BCUT2D eigenvalue weighted by molar-refractivity contribution is 8.00. The van der Waals surface area contributed by atoms with E-state index >= 15 is 0 Å². The molecule has 0 aliphatic heterocycles. The number of hydrogen-bond donors (Lipinski definition) is 1. The van der Waals surface area contributed by atoms with Gasteiger partial charge in [-0.15, -0.1) is 5.10 Å². The van der Waals surface area contributed by atoms with Gasteiger partial charge in [0.15, 0.2) is 5.82 Å². The van der Waals surface area contributed by atoms with Crippen LogP contribution in [0.4, 0.5) is 0 Å². The Morgan fingerprint density at radius 2 is 2.17 bits per heavy atom. The SMILES string of the molecule is CCNC(C)c1nnnn1CC1(SC)CCCC1. The molecule has 18 heavy (non-hydrogen) atoms. The average Bonchev–Trinajstić information content (AvgIpc) is 3.00. The summed E-state index contributed by atoms with van der Waals surface area (Å²) in [6.45, 7) is 6.09. The summed E-state index contributed by atoms with van der Waals surface area (Å²) >= 11 is 1.98. The van der Waals surface area contributed by atoms with E-state index in [9.17, 15) is 0 Å². The van der Waals surface area contributed by atoms with Crippen LogP contribution in [0.3, 0.4) is 0 Å². The van der Waals surface area contributed by atoms with Crippen molar-refractivity contribution in [3.63, 3.8) is 0 Å². The monoisotopic (exact) mass is 269 g/mol. The van der Waals surface area contributed by atoms with Crippen molar-refractivity contribution in [3.05, 3.63) is 5.82 Å². The lowest BCUT2D eigenvalue weighted by Crippen LogP contribution is -2.30. The minimum absolute atomic E-state index is 0.213. The van der Waals surface area contributed by atoms with E-state index in [0.717, 1.165) is 18.9 Å². The van der Waals surface area contributed by atoms with Gasteiger partial charge < -0.3 is 5.32 Å². The molecule has 1 N–H and O–H groups in total. The zero-order valence-corrected chi connectivity index (χ0v) is 12.3. The molecule has 1 unspecified atom stereocenters.